The first kappa shape index (κ1) is 13.3. The Labute approximate surface area is 112 Å². The van der Waals surface area contributed by atoms with E-state index >= 15 is 0 Å². The van der Waals surface area contributed by atoms with Gasteiger partial charge in [-0.15, -0.1) is 0 Å². The lowest BCUT2D eigenvalue weighted by Crippen LogP contribution is -2.26. The molecule has 2 aromatic rings. The maximum Gasteiger partial charge on any atom is 0.221 e. The molecule has 3 N–H and O–H groups in total. The second-order valence-electron chi connectivity index (χ2n) is 4.30. The van der Waals surface area contributed by atoms with Crippen LogP contribution < -0.4 is 10.6 Å². The molecule has 19 heavy (non-hydrogen) atoms. The Bertz CT molecular complexity index is 505. The highest BCUT2D eigenvalue weighted by Gasteiger charge is 2.02. The number of hydrogen-bond donors (Lipinski definition) is 3. The molecular formula is C14H18N4O. The summed E-state index contributed by atoms with van der Waals surface area (Å²) in [4.78, 5) is 11.5. The van der Waals surface area contributed by atoms with E-state index in [0.29, 0.717) is 19.5 Å². The van der Waals surface area contributed by atoms with Gasteiger partial charge < -0.3 is 10.6 Å². The fraction of sp³-hybridized carbons (Fsp3) is 0.286. The van der Waals surface area contributed by atoms with Gasteiger partial charge in [0.15, 0.2) is 0 Å². The normalized spacial score (nSPS) is 10.4. The predicted molar refractivity (Wildman–Crippen MR) is 74.4 cm³/mol. The average Bonchev–Trinajstić information content (AvgIpc) is 2.97. The number of carbonyl (C=O) groups is 1. The molecule has 0 bridgehead atoms. The predicted octanol–water partition coefficient (Wildman–Crippen LogP) is 1.30. The summed E-state index contributed by atoms with van der Waals surface area (Å²) in [6.07, 6.45) is 2.23. The number of hydrogen-bond acceptors (Lipinski definition) is 3. The Balaban J connectivity index is 1.87. The van der Waals surface area contributed by atoms with E-state index < -0.39 is 0 Å². The van der Waals surface area contributed by atoms with Crippen molar-refractivity contribution in [2.24, 2.45) is 0 Å². The van der Waals surface area contributed by atoms with Crippen molar-refractivity contribution in [3.63, 3.8) is 0 Å². The van der Waals surface area contributed by atoms with Gasteiger partial charge in [-0.05, 0) is 24.2 Å². The van der Waals surface area contributed by atoms with Crippen molar-refractivity contribution in [3.05, 3.63) is 42.1 Å². The molecule has 1 amide bonds. The minimum atomic E-state index is 0.0620. The maximum atomic E-state index is 11.5. The Morgan fingerprint density at radius 1 is 1.26 bits per heavy atom. The molecule has 0 unspecified atom stereocenters. The Hall–Kier alpha value is -2.14. The second-order valence-corrected chi connectivity index (χ2v) is 4.30. The SMILES string of the molecule is CNCCC(=O)NCc1ccc(-c2ccn[nH]2)cc1. The minimum Gasteiger partial charge on any atom is -0.352 e. The highest BCUT2D eigenvalue weighted by atomic mass is 16.1. The van der Waals surface area contributed by atoms with Crippen LogP contribution in [0.5, 0.6) is 0 Å². The number of nitrogens with one attached hydrogen (secondary N) is 3. The van der Waals surface area contributed by atoms with Gasteiger partial charge in [0, 0.05) is 25.7 Å². The lowest BCUT2D eigenvalue weighted by molar-refractivity contribution is -0.121. The fourth-order valence-corrected chi connectivity index (χ4v) is 1.75. The molecule has 1 aromatic carbocycles. The quantitative estimate of drug-likeness (QED) is 0.731. The van der Waals surface area contributed by atoms with Gasteiger partial charge >= 0.3 is 0 Å². The van der Waals surface area contributed by atoms with Crippen molar-refractivity contribution in [1.29, 1.82) is 0 Å². The molecule has 0 aliphatic heterocycles. The van der Waals surface area contributed by atoms with Gasteiger partial charge in [-0.25, -0.2) is 0 Å². The van der Waals surface area contributed by atoms with E-state index in [1.807, 2.05) is 37.4 Å². The molecule has 0 fully saturated rings. The molecule has 100 valence electrons. The van der Waals surface area contributed by atoms with Gasteiger partial charge in [0.1, 0.15) is 0 Å². The first-order valence-electron chi connectivity index (χ1n) is 6.29. The van der Waals surface area contributed by atoms with Crippen LogP contribution in [0.2, 0.25) is 0 Å². The summed E-state index contributed by atoms with van der Waals surface area (Å²) >= 11 is 0. The van der Waals surface area contributed by atoms with E-state index in [0.717, 1.165) is 16.8 Å². The average molecular weight is 258 g/mol. The van der Waals surface area contributed by atoms with E-state index in [2.05, 4.69) is 20.8 Å². The van der Waals surface area contributed by atoms with E-state index in [-0.39, 0.29) is 5.91 Å². The van der Waals surface area contributed by atoms with Gasteiger partial charge in [-0.2, -0.15) is 5.10 Å². The topological polar surface area (TPSA) is 69.8 Å². The molecule has 0 radical (unpaired) electrons. The van der Waals surface area contributed by atoms with Crippen LogP contribution in [0.1, 0.15) is 12.0 Å². The van der Waals surface area contributed by atoms with Crippen LogP contribution in [0, 0.1) is 0 Å². The van der Waals surface area contributed by atoms with Crippen LogP contribution in [0.15, 0.2) is 36.5 Å². The summed E-state index contributed by atoms with van der Waals surface area (Å²) in [7, 11) is 1.83. The zero-order valence-corrected chi connectivity index (χ0v) is 10.9. The first-order chi connectivity index (χ1) is 9.29. The Morgan fingerprint density at radius 3 is 2.68 bits per heavy atom. The highest BCUT2D eigenvalue weighted by molar-refractivity contribution is 5.76. The zero-order chi connectivity index (χ0) is 13.5. The van der Waals surface area contributed by atoms with Crippen LogP contribution in [-0.4, -0.2) is 29.7 Å². The molecule has 0 aliphatic carbocycles. The molecule has 0 saturated carbocycles. The summed E-state index contributed by atoms with van der Waals surface area (Å²) in [5.74, 6) is 0.0620. The second kappa shape index (κ2) is 6.70. The number of nitrogens with zero attached hydrogens (tertiary/aromatic N) is 1. The van der Waals surface area contributed by atoms with Gasteiger partial charge in [0.05, 0.1) is 5.69 Å². The van der Waals surface area contributed by atoms with Crippen LogP contribution in [0.4, 0.5) is 0 Å². The number of rotatable bonds is 6. The lowest BCUT2D eigenvalue weighted by Gasteiger charge is -2.06. The third kappa shape index (κ3) is 3.93. The van der Waals surface area contributed by atoms with Crippen molar-refractivity contribution in [2.45, 2.75) is 13.0 Å². The molecular weight excluding hydrogens is 240 g/mol. The zero-order valence-electron chi connectivity index (χ0n) is 10.9. The molecule has 5 heteroatoms. The molecule has 1 aromatic heterocycles. The van der Waals surface area contributed by atoms with E-state index in [4.69, 9.17) is 0 Å². The lowest BCUT2D eigenvalue weighted by atomic mass is 10.1. The van der Waals surface area contributed by atoms with Crippen LogP contribution in [-0.2, 0) is 11.3 Å². The fourth-order valence-electron chi connectivity index (χ4n) is 1.75. The molecule has 2 rings (SSSR count). The summed E-state index contributed by atoms with van der Waals surface area (Å²) < 4.78 is 0. The Morgan fingerprint density at radius 2 is 2.05 bits per heavy atom. The molecule has 1 heterocycles. The summed E-state index contributed by atoms with van der Waals surface area (Å²) in [6, 6.07) is 9.97. The standard InChI is InChI=1S/C14H18N4O/c1-15-8-7-14(19)16-10-11-2-4-12(5-3-11)13-6-9-17-18-13/h2-6,9,15H,7-8,10H2,1H3,(H,16,19)(H,17,18). The van der Waals surface area contributed by atoms with Crippen molar-refractivity contribution in [3.8, 4) is 11.3 Å². The largest absolute Gasteiger partial charge is 0.352 e. The van der Waals surface area contributed by atoms with E-state index in [1.165, 1.54) is 0 Å². The number of benzene rings is 1. The van der Waals surface area contributed by atoms with Crippen LogP contribution in [0.25, 0.3) is 11.3 Å². The van der Waals surface area contributed by atoms with Gasteiger partial charge in [-0.1, -0.05) is 24.3 Å². The smallest absolute Gasteiger partial charge is 0.221 e. The molecule has 0 aliphatic rings. The van der Waals surface area contributed by atoms with Gasteiger partial charge in [0.25, 0.3) is 0 Å². The molecule has 0 spiro atoms. The number of amides is 1. The third-order valence-electron chi connectivity index (χ3n) is 2.86. The highest BCUT2D eigenvalue weighted by Crippen LogP contribution is 2.16. The van der Waals surface area contributed by atoms with Crippen LogP contribution in [0.3, 0.4) is 0 Å². The van der Waals surface area contributed by atoms with Crippen LogP contribution >= 0.6 is 0 Å². The summed E-state index contributed by atoms with van der Waals surface area (Å²) in [5, 5.41) is 12.7. The third-order valence-corrected chi connectivity index (χ3v) is 2.86. The maximum absolute atomic E-state index is 11.5. The molecule has 0 atom stereocenters. The summed E-state index contributed by atoms with van der Waals surface area (Å²) in [5.41, 5.74) is 3.16. The number of aromatic amines is 1. The number of carbonyl (C=O) groups excluding carboxylic acids is 1. The van der Waals surface area contributed by atoms with Crippen molar-refractivity contribution >= 4 is 5.91 Å². The molecule has 0 saturated heterocycles. The molecule has 5 nitrogen and oxygen atoms in total. The first-order valence-corrected chi connectivity index (χ1v) is 6.29. The van der Waals surface area contributed by atoms with E-state index in [1.54, 1.807) is 6.20 Å². The van der Waals surface area contributed by atoms with Crippen molar-refractivity contribution in [1.82, 2.24) is 20.8 Å². The Kier molecular flexibility index (Phi) is 4.69. The minimum absolute atomic E-state index is 0.0620. The number of H-pyrrole nitrogens is 1. The van der Waals surface area contributed by atoms with Crippen molar-refractivity contribution < 1.29 is 4.79 Å². The van der Waals surface area contributed by atoms with Crippen molar-refractivity contribution in [2.75, 3.05) is 13.6 Å². The van der Waals surface area contributed by atoms with E-state index in [9.17, 15) is 4.79 Å². The summed E-state index contributed by atoms with van der Waals surface area (Å²) in [6.45, 7) is 1.26. The monoisotopic (exact) mass is 258 g/mol. The number of aromatic nitrogens is 2. The van der Waals surface area contributed by atoms with Gasteiger partial charge in [0.2, 0.25) is 5.91 Å². The van der Waals surface area contributed by atoms with Gasteiger partial charge in [-0.3, -0.25) is 9.89 Å².